The van der Waals surface area contributed by atoms with Crippen LogP contribution in [0.3, 0.4) is 0 Å². The van der Waals surface area contributed by atoms with Crippen LogP contribution in [0, 0.1) is 6.92 Å². The zero-order valence-electron chi connectivity index (χ0n) is 10.9. The molecule has 0 spiro atoms. The molecule has 1 heterocycles. The molecule has 0 aliphatic carbocycles. The largest absolute Gasteiger partial charge is 0.321 e. The highest BCUT2D eigenvalue weighted by atomic mass is 32.2. The van der Waals surface area contributed by atoms with Crippen LogP contribution in [-0.4, -0.2) is 42.0 Å². The van der Waals surface area contributed by atoms with E-state index in [0.717, 1.165) is 17.6 Å². The molecule has 0 bridgehead atoms. The molecule has 2 N–H and O–H groups in total. The van der Waals surface area contributed by atoms with Gasteiger partial charge in [0.15, 0.2) is 5.78 Å². The number of ketones is 1. The topological polar surface area (TPSA) is 95.0 Å². The van der Waals surface area contributed by atoms with Crippen molar-refractivity contribution in [1.82, 2.24) is 9.78 Å². The van der Waals surface area contributed by atoms with Gasteiger partial charge in [0, 0.05) is 25.4 Å². The lowest BCUT2D eigenvalue weighted by molar-refractivity contribution is -0.119. The van der Waals surface area contributed by atoms with E-state index in [9.17, 15) is 13.2 Å². The molecule has 0 amide bonds. The van der Waals surface area contributed by atoms with Gasteiger partial charge in [0.2, 0.25) is 0 Å². The fraction of sp³-hybridized carbons (Fsp3) is 0.636. The number of carbonyl (C=O) groups is 1. The number of nitrogens with two attached hydrogens (primary N) is 1. The van der Waals surface area contributed by atoms with Gasteiger partial charge in [0.05, 0.1) is 17.5 Å². The van der Waals surface area contributed by atoms with E-state index < -0.39 is 15.9 Å². The molecule has 0 saturated carbocycles. The number of hydrogen-bond donors (Lipinski definition) is 1. The van der Waals surface area contributed by atoms with Gasteiger partial charge in [-0.1, -0.05) is 0 Å². The van der Waals surface area contributed by atoms with Crippen LogP contribution in [0.4, 0.5) is 0 Å². The third-order valence-corrected chi connectivity index (χ3v) is 3.64. The summed E-state index contributed by atoms with van der Waals surface area (Å²) in [5.74, 6) is -0.230. The van der Waals surface area contributed by atoms with Gasteiger partial charge in [-0.2, -0.15) is 5.10 Å². The Morgan fingerprint density at radius 2 is 2.17 bits per heavy atom. The first-order valence-corrected chi connectivity index (χ1v) is 7.70. The minimum atomic E-state index is -3.08. The molecular formula is C11H19N3O3S. The molecule has 1 atom stereocenters. The summed E-state index contributed by atoms with van der Waals surface area (Å²) in [6.07, 6.45) is 1.48. The molecule has 102 valence electrons. The highest BCUT2D eigenvalue weighted by Gasteiger charge is 2.17. The molecule has 18 heavy (non-hydrogen) atoms. The van der Waals surface area contributed by atoms with E-state index in [-0.39, 0.29) is 24.4 Å². The molecule has 7 heteroatoms. The monoisotopic (exact) mass is 273 g/mol. The lowest BCUT2D eigenvalue weighted by Gasteiger charge is -2.09. The van der Waals surface area contributed by atoms with Crippen LogP contribution < -0.4 is 5.73 Å². The smallest absolute Gasteiger partial charge is 0.155 e. The van der Waals surface area contributed by atoms with E-state index >= 15 is 0 Å². The van der Waals surface area contributed by atoms with Crippen molar-refractivity contribution >= 4 is 15.6 Å². The maximum absolute atomic E-state index is 11.8. The van der Waals surface area contributed by atoms with Crippen molar-refractivity contribution in [3.05, 3.63) is 17.5 Å². The van der Waals surface area contributed by atoms with Crippen molar-refractivity contribution in [2.45, 2.75) is 25.8 Å². The normalized spacial score (nSPS) is 13.6. The van der Waals surface area contributed by atoms with Gasteiger partial charge in [-0.3, -0.25) is 9.48 Å². The van der Waals surface area contributed by atoms with Gasteiger partial charge in [-0.05, 0) is 19.4 Å². The van der Waals surface area contributed by atoms with Gasteiger partial charge >= 0.3 is 0 Å². The van der Waals surface area contributed by atoms with Crippen molar-refractivity contribution in [2.75, 3.05) is 12.0 Å². The van der Waals surface area contributed by atoms with Crippen LogP contribution in [0.15, 0.2) is 6.07 Å². The van der Waals surface area contributed by atoms with Crippen LogP contribution in [-0.2, 0) is 28.1 Å². The summed E-state index contributed by atoms with van der Waals surface area (Å²) < 4.78 is 23.6. The Labute approximate surface area is 107 Å². The van der Waals surface area contributed by atoms with Crippen molar-refractivity contribution in [2.24, 2.45) is 12.8 Å². The summed E-state index contributed by atoms with van der Waals surface area (Å²) in [5, 5.41) is 4.14. The van der Waals surface area contributed by atoms with Crippen LogP contribution in [0.25, 0.3) is 0 Å². The van der Waals surface area contributed by atoms with Crippen molar-refractivity contribution in [1.29, 1.82) is 0 Å². The number of rotatable bonds is 6. The van der Waals surface area contributed by atoms with Crippen LogP contribution in [0.5, 0.6) is 0 Å². The third-order valence-electron chi connectivity index (χ3n) is 2.67. The molecule has 0 aliphatic heterocycles. The molecule has 1 unspecified atom stereocenters. The molecule has 6 nitrogen and oxygen atoms in total. The highest BCUT2D eigenvalue weighted by Crippen LogP contribution is 2.06. The molecule has 0 saturated heterocycles. The van der Waals surface area contributed by atoms with Crippen LogP contribution in [0.2, 0.25) is 0 Å². The number of aryl methyl sites for hydroxylation is 2. The van der Waals surface area contributed by atoms with E-state index in [4.69, 9.17) is 5.73 Å². The Hall–Kier alpha value is -1.21. The molecule has 1 aromatic heterocycles. The second-order valence-electron chi connectivity index (χ2n) is 4.57. The van der Waals surface area contributed by atoms with Crippen LogP contribution in [0.1, 0.15) is 17.8 Å². The lowest BCUT2D eigenvalue weighted by atomic mass is 10.1. The van der Waals surface area contributed by atoms with E-state index in [1.165, 1.54) is 0 Å². The fourth-order valence-electron chi connectivity index (χ4n) is 1.64. The molecule has 0 aromatic carbocycles. The first kappa shape index (κ1) is 14.8. The molecule has 1 aromatic rings. The van der Waals surface area contributed by atoms with Gasteiger partial charge < -0.3 is 5.73 Å². The third kappa shape index (κ3) is 4.58. The summed E-state index contributed by atoms with van der Waals surface area (Å²) in [7, 11) is -1.32. The first-order chi connectivity index (χ1) is 8.19. The van der Waals surface area contributed by atoms with E-state index in [2.05, 4.69) is 5.10 Å². The Morgan fingerprint density at radius 3 is 2.61 bits per heavy atom. The number of hydrogen-bond acceptors (Lipinski definition) is 5. The number of sulfone groups is 1. The SMILES string of the molecule is Cc1cc(CC(=O)C(N)CCS(C)(=O)=O)n(C)n1. The standard InChI is InChI=1S/C11H19N3O3S/c1-8-6-9(14(2)13-8)7-11(15)10(12)4-5-18(3,16)17/h6,10H,4-5,7,12H2,1-3H3. The number of nitrogens with zero attached hydrogens (tertiary/aromatic N) is 2. The Bertz CT molecular complexity index is 534. The van der Waals surface area contributed by atoms with E-state index in [1.807, 2.05) is 13.0 Å². The molecular weight excluding hydrogens is 254 g/mol. The van der Waals surface area contributed by atoms with E-state index in [1.54, 1.807) is 11.7 Å². The van der Waals surface area contributed by atoms with Gasteiger partial charge in [-0.15, -0.1) is 0 Å². The molecule has 0 aliphatic rings. The summed E-state index contributed by atoms with van der Waals surface area (Å²) in [5.41, 5.74) is 7.31. The molecule has 0 radical (unpaired) electrons. The predicted molar refractivity (Wildman–Crippen MR) is 69.0 cm³/mol. The van der Waals surface area contributed by atoms with Crippen molar-refractivity contribution in [3.8, 4) is 0 Å². The van der Waals surface area contributed by atoms with Crippen molar-refractivity contribution < 1.29 is 13.2 Å². The number of carbonyl (C=O) groups excluding carboxylic acids is 1. The summed E-state index contributed by atoms with van der Waals surface area (Å²) in [6, 6.07) is 1.08. The summed E-state index contributed by atoms with van der Waals surface area (Å²) >= 11 is 0. The molecule has 1 rings (SSSR count). The van der Waals surface area contributed by atoms with Crippen molar-refractivity contribution in [3.63, 3.8) is 0 Å². The van der Waals surface area contributed by atoms with Gasteiger partial charge in [0.25, 0.3) is 0 Å². The second kappa shape index (κ2) is 5.62. The number of Topliss-reactive ketones (excluding diaryl/α,β-unsaturated/α-hetero) is 1. The summed E-state index contributed by atoms with van der Waals surface area (Å²) in [4.78, 5) is 11.8. The maximum atomic E-state index is 11.8. The average molecular weight is 273 g/mol. The quantitative estimate of drug-likeness (QED) is 0.761. The highest BCUT2D eigenvalue weighted by molar-refractivity contribution is 7.90. The zero-order valence-corrected chi connectivity index (χ0v) is 11.7. The average Bonchev–Trinajstić information content (AvgIpc) is 2.52. The van der Waals surface area contributed by atoms with Crippen LogP contribution >= 0.6 is 0 Å². The minimum Gasteiger partial charge on any atom is -0.321 e. The Balaban J connectivity index is 2.58. The summed E-state index contributed by atoms with van der Waals surface area (Å²) in [6.45, 7) is 1.84. The van der Waals surface area contributed by atoms with E-state index in [0.29, 0.717) is 0 Å². The minimum absolute atomic E-state index is 0.0652. The maximum Gasteiger partial charge on any atom is 0.155 e. The zero-order chi connectivity index (χ0) is 13.9. The Kier molecular flexibility index (Phi) is 4.64. The predicted octanol–water partition coefficient (Wildman–Crippen LogP) is -0.398. The van der Waals surface area contributed by atoms with Gasteiger partial charge in [0.1, 0.15) is 9.84 Å². The number of aromatic nitrogens is 2. The Morgan fingerprint density at radius 1 is 1.56 bits per heavy atom. The second-order valence-corrected chi connectivity index (χ2v) is 6.83. The molecule has 0 fully saturated rings. The van der Waals surface area contributed by atoms with Gasteiger partial charge in [-0.25, -0.2) is 8.42 Å². The fourth-order valence-corrected chi connectivity index (χ4v) is 2.32. The first-order valence-electron chi connectivity index (χ1n) is 5.64. The lowest BCUT2D eigenvalue weighted by Crippen LogP contribution is -2.34.